The second-order valence-corrected chi connectivity index (χ2v) is 9.70. The summed E-state index contributed by atoms with van der Waals surface area (Å²) in [4.78, 5) is 12.6. The van der Waals surface area contributed by atoms with Gasteiger partial charge in [-0.2, -0.15) is 0 Å². The maximum atomic E-state index is 12.6. The number of aryl methyl sites for hydroxylation is 1. The minimum absolute atomic E-state index is 0.0278. The van der Waals surface area contributed by atoms with E-state index in [0.29, 0.717) is 36.1 Å². The molecule has 0 bridgehead atoms. The molecule has 3 rings (SSSR count). The van der Waals surface area contributed by atoms with Crippen LogP contribution in [0.15, 0.2) is 58.8 Å². The number of nitrogens with one attached hydrogen (secondary N) is 1. The summed E-state index contributed by atoms with van der Waals surface area (Å²) in [7, 11) is -3.20. The number of ketones is 1. The van der Waals surface area contributed by atoms with E-state index in [1.54, 1.807) is 24.5 Å². The fourth-order valence-corrected chi connectivity index (χ4v) is 4.27. The van der Waals surface area contributed by atoms with Gasteiger partial charge in [-0.3, -0.25) is 9.36 Å². The second-order valence-electron chi connectivity index (χ2n) is 6.92. The lowest BCUT2D eigenvalue weighted by atomic mass is 10.1. The number of furan rings is 1. The van der Waals surface area contributed by atoms with Crippen molar-refractivity contribution in [1.29, 1.82) is 0 Å². The number of thioether (sulfide) groups is 1. The first kappa shape index (κ1) is 23.0. The number of sulfonamides is 1. The highest BCUT2D eigenvalue weighted by Crippen LogP contribution is 2.27. The molecule has 0 saturated carbocycles. The van der Waals surface area contributed by atoms with E-state index >= 15 is 0 Å². The number of carbonyl (C=O) groups excluding carboxylic acids is 1. The Hall–Kier alpha value is -2.69. The van der Waals surface area contributed by atoms with Gasteiger partial charge in [-0.25, -0.2) is 13.1 Å². The van der Waals surface area contributed by atoms with Gasteiger partial charge in [0.2, 0.25) is 10.0 Å². The van der Waals surface area contributed by atoms with Gasteiger partial charge in [0.15, 0.2) is 16.8 Å². The van der Waals surface area contributed by atoms with Crippen molar-refractivity contribution in [2.24, 2.45) is 0 Å². The minimum Gasteiger partial charge on any atom is -0.469 e. The predicted molar refractivity (Wildman–Crippen MR) is 121 cm³/mol. The molecule has 2 aromatic heterocycles. The first-order valence-corrected chi connectivity index (χ1v) is 12.4. The molecule has 0 spiro atoms. The molecule has 2 heterocycles. The molecule has 1 N–H and O–H groups in total. The normalized spacial score (nSPS) is 11.5. The quantitative estimate of drug-likeness (QED) is 0.266. The average Bonchev–Trinajstić information content (AvgIpc) is 3.31. The summed E-state index contributed by atoms with van der Waals surface area (Å²) in [6.45, 7) is 6.49. The van der Waals surface area contributed by atoms with E-state index in [1.165, 1.54) is 11.8 Å². The third-order valence-electron chi connectivity index (χ3n) is 4.51. The second kappa shape index (κ2) is 10.1. The molecule has 3 aromatic rings. The Morgan fingerprint density at radius 2 is 2.00 bits per heavy atom. The van der Waals surface area contributed by atoms with Gasteiger partial charge in [0.25, 0.3) is 0 Å². The molecule has 0 radical (unpaired) electrons. The van der Waals surface area contributed by atoms with Crippen LogP contribution >= 0.6 is 11.8 Å². The molecule has 164 valence electrons. The summed E-state index contributed by atoms with van der Waals surface area (Å²) >= 11 is 1.32. The predicted octanol–water partition coefficient (Wildman–Crippen LogP) is 3.10. The number of allylic oxidation sites excluding steroid dienone is 1. The molecule has 31 heavy (non-hydrogen) atoms. The Labute approximate surface area is 185 Å². The van der Waals surface area contributed by atoms with E-state index in [9.17, 15) is 13.2 Å². The number of Topliss-reactive ketones (excluding diaryl/α,β-unsaturated/α-hetero) is 1. The highest BCUT2D eigenvalue weighted by molar-refractivity contribution is 7.99. The highest BCUT2D eigenvalue weighted by atomic mass is 32.2. The van der Waals surface area contributed by atoms with Crippen LogP contribution in [0.3, 0.4) is 0 Å². The van der Waals surface area contributed by atoms with E-state index in [-0.39, 0.29) is 11.5 Å². The Morgan fingerprint density at radius 1 is 1.26 bits per heavy atom. The van der Waals surface area contributed by atoms with Crippen molar-refractivity contribution in [2.75, 3.05) is 18.6 Å². The van der Waals surface area contributed by atoms with Crippen molar-refractivity contribution in [3.05, 3.63) is 66.1 Å². The van der Waals surface area contributed by atoms with Crippen LogP contribution in [0.25, 0.3) is 11.4 Å². The van der Waals surface area contributed by atoms with Gasteiger partial charge < -0.3 is 4.42 Å². The molecule has 0 aliphatic rings. The molecular weight excluding hydrogens is 436 g/mol. The summed E-state index contributed by atoms with van der Waals surface area (Å²) in [6.07, 6.45) is 5.04. The van der Waals surface area contributed by atoms with Crippen molar-refractivity contribution < 1.29 is 17.6 Å². The monoisotopic (exact) mass is 460 g/mol. The van der Waals surface area contributed by atoms with Crippen LogP contribution in [-0.4, -0.2) is 47.5 Å². The minimum atomic E-state index is -3.20. The van der Waals surface area contributed by atoms with Crippen LogP contribution in [0.4, 0.5) is 0 Å². The number of aromatic nitrogens is 3. The Morgan fingerprint density at radius 3 is 2.61 bits per heavy atom. The number of hydrogen-bond acceptors (Lipinski definition) is 7. The first-order chi connectivity index (χ1) is 14.8. The van der Waals surface area contributed by atoms with E-state index in [1.807, 2.05) is 29.7 Å². The van der Waals surface area contributed by atoms with Gasteiger partial charge in [-0.1, -0.05) is 42.1 Å². The van der Waals surface area contributed by atoms with Crippen LogP contribution in [0.5, 0.6) is 0 Å². The zero-order valence-corrected chi connectivity index (χ0v) is 19.0. The largest absolute Gasteiger partial charge is 0.469 e. The molecule has 0 unspecified atom stereocenters. The molecule has 1 aromatic carbocycles. The van der Waals surface area contributed by atoms with Crippen LogP contribution in [-0.2, 0) is 23.0 Å². The molecule has 0 saturated heterocycles. The van der Waals surface area contributed by atoms with Gasteiger partial charge in [0, 0.05) is 18.7 Å². The summed E-state index contributed by atoms with van der Waals surface area (Å²) in [5.41, 5.74) is 2.40. The number of rotatable bonds is 11. The topological polar surface area (TPSA) is 107 Å². The average molecular weight is 461 g/mol. The van der Waals surface area contributed by atoms with Gasteiger partial charge in [0.05, 0.1) is 23.8 Å². The van der Waals surface area contributed by atoms with Gasteiger partial charge in [-0.05, 0) is 25.0 Å². The number of nitrogens with zero attached hydrogens (tertiary/aromatic N) is 3. The van der Waals surface area contributed by atoms with Gasteiger partial charge in [-0.15, -0.1) is 16.8 Å². The van der Waals surface area contributed by atoms with Crippen molar-refractivity contribution >= 4 is 27.6 Å². The summed E-state index contributed by atoms with van der Waals surface area (Å²) in [5.74, 6) is 1.61. The zero-order valence-electron chi connectivity index (χ0n) is 17.4. The van der Waals surface area contributed by atoms with Crippen LogP contribution in [0, 0.1) is 6.92 Å². The summed E-state index contributed by atoms with van der Waals surface area (Å²) in [6, 6.07) is 9.02. The third-order valence-corrected chi connectivity index (χ3v) is 6.21. The van der Waals surface area contributed by atoms with Gasteiger partial charge in [0.1, 0.15) is 5.76 Å². The lowest BCUT2D eigenvalue weighted by molar-refractivity contribution is 0.102. The van der Waals surface area contributed by atoms with Crippen molar-refractivity contribution in [2.45, 2.75) is 25.0 Å². The van der Waals surface area contributed by atoms with Gasteiger partial charge >= 0.3 is 0 Å². The standard InChI is InChI=1S/C21H24N4O4S2/c1-4-12-25-20(18-10-13-29-15(18)2)23-24-21(25)30-14-19(26)17-7-5-16(6-8-17)9-11-22-31(3,27)28/h4-8,10,13,22H,1,9,11-12,14H2,2-3H3. The number of carbonyl (C=O) groups is 1. The highest BCUT2D eigenvalue weighted by Gasteiger charge is 2.18. The molecule has 0 fully saturated rings. The van der Waals surface area contributed by atoms with Crippen molar-refractivity contribution in [3.8, 4) is 11.4 Å². The maximum absolute atomic E-state index is 12.6. The number of hydrogen-bond donors (Lipinski definition) is 1. The molecular formula is C21H24N4O4S2. The number of benzene rings is 1. The lowest BCUT2D eigenvalue weighted by Gasteiger charge is -2.07. The third kappa shape index (κ3) is 6.16. The Kier molecular flexibility index (Phi) is 7.47. The van der Waals surface area contributed by atoms with Crippen molar-refractivity contribution in [3.63, 3.8) is 0 Å². The van der Waals surface area contributed by atoms with E-state index < -0.39 is 10.0 Å². The van der Waals surface area contributed by atoms with Crippen LogP contribution < -0.4 is 4.72 Å². The molecule has 0 amide bonds. The smallest absolute Gasteiger partial charge is 0.208 e. The van der Waals surface area contributed by atoms with Crippen LogP contribution in [0.1, 0.15) is 21.7 Å². The first-order valence-electron chi connectivity index (χ1n) is 9.56. The maximum Gasteiger partial charge on any atom is 0.208 e. The Balaban J connectivity index is 1.63. The summed E-state index contributed by atoms with van der Waals surface area (Å²) in [5, 5.41) is 9.15. The molecule has 0 aliphatic carbocycles. The van der Waals surface area contributed by atoms with E-state index in [0.717, 1.165) is 23.1 Å². The molecule has 0 atom stereocenters. The Bertz CT molecular complexity index is 1160. The molecule has 8 nitrogen and oxygen atoms in total. The fraction of sp³-hybridized carbons (Fsp3) is 0.286. The zero-order chi connectivity index (χ0) is 22.4. The van der Waals surface area contributed by atoms with Crippen LogP contribution in [0.2, 0.25) is 0 Å². The SMILES string of the molecule is C=CCn1c(SCC(=O)c2ccc(CCNS(C)(=O)=O)cc2)nnc1-c1ccoc1C. The lowest BCUT2D eigenvalue weighted by Crippen LogP contribution is -2.24. The molecule has 0 aliphatic heterocycles. The fourth-order valence-electron chi connectivity index (χ4n) is 2.96. The van der Waals surface area contributed by atoms with Crippen molar-refractivity contribution in [1.82, 2.24) is 19.5 Å². The van der Waals surface area contributed by atoms with E-state index in [4.69, 9.17) is 4.42 Å². The molecule has 10 heteroatoms. The summed E-state index contributed by atoms with van der Waals surface area (Å²) < 4.78 is 32.0. The van der Waals surface area contributed by atoms with E-state index in [2.05, 4.69) is 21.5 Å².